The predicted octanol–water partition coefficient (Wildman–Crippen LogP) is 3.23. The molecule has 0 aliphatic carbocycles. The number of carbonyl (C=O) groups is 1. The van der Waals surface area contributed by atoms with E-state index in [2.05, 4.69) is 31.9 Å². The Labute approximate surface area is 104 Å². The average molecular weight is 336 g/mol. The number of halogens is 2. The Hall–Kier alpha value is -0.810. The van der Waals surface area contributed by atoms with Crippen LogP contribution in [0, 0.1) is 0 Å². The van der Waals surface area contributed by atoms with E-state index in [0.29, 0.717) is 5.75 Å². The van der Waals surface area contributed by atoms with E-state index in [-0.39, 0.29) is 6.61 Å². The van der Waals surface area contributed by atoms with E-state index < -0.39 is 5.97 Å². The maximum Gasteiger partial charge on any atom is 0.328 e. The van der Waals surface area contributed by atoms with E-state index in [0.717, 1.165) is 15.0 Å². The fourth-order valence-corrected chi connectivity index (χ4v) is 2.13. The van der Waals surface area contributed by atoms with Gasteiger partial charge in [-0.3, -0.25) is 0 Å². The highest BCUT2D eigenvalue weighted by atomic mass is 79.9. The second-order valence-electron chi connectivity index (χ2n) is 2.60. The molecule has 1 N–H and O–H groups in total. The topological polar surface area (TPSA) is 46.5 Å². The molecule has 0 saturated heterocycles. The smallest absolute Gasteiger partial charge is 0.328 e. The van der Waals surface area contributed by atoms with Crippen LogP contribution in [0.25, 0.3) is 0 Å². The van der Waals surface area contributed by atoms with Gasteiger partial charge in [0.25, 0.3) is 0 Å². The van der Waals surface area contributed by atoms with Gasteiger partial charge in [-0.05, 0) is 50.1 Å². The molecule has 0 atom stereocenters. The molecule has 0 bridgehead atoms. The van der Waals surface area contributed by atoms with Crippen LogP contribution in [0.15, 0.2) is 39.3 Å². The monoisotopic (exact) mass is 334 g/mol. The maximum absolute atomic E-state index is 10.2. The van der Waals surface area contributed by atoms with Crippen molar-refractivity contribution >= 4 is 37.8 Å². The molecule has 0 fully saturated rings. The lowest BCUT2D eigenvalue weighted by Crippen LogP contribution is -1.96. The van der Waals surface area contributed by atoms with Gasteiger partial charge in [-0.25, -0.2) is 4.79 Å². The molecule has 15 heavy (non-hydrogen) atoms. The summed E-state index contributed by atoms with van der Waals surface area (Å²) in [4.78, 5) is 10.2. The largest absolute Gasteiger partial charge is 0.487 e. The van der Waals surface area contributed by atoms with Crippen molar-refractivity contribution < 1.29 is 14.6 Å². The quantitative estimate of drug-likeness (QED) is 0.859. The average Bonchev–Trinajstić information content (AvgIpc) is 2.15. The first-order chi connectivity index (χ1) is 7.11. The van der Waals surface area contributed by atoms with Crippen LogP contribution < -0.4 is 4.74 Å². The van der Waals surface area contributed by atoms with Gasteiger partial charge in [0, 0.05) is 6.08 Å². The number of carboxylic acid groups (broad SMARTS) is 1. The molecule has 0 saturated carbocycles. The van der Waals surface area contributed by atoms with Crippen molar-refractivity contribution in [2.45, 2.75) is 0 Å². The molecule has 0 radical (unpaired) electrons. The molecule has 0 aliphatic heterocycles. The molecule has 3 nitrogen and oxygen atoms in total. The van der Waals surface area contributed by atoms with Crippen molar-refractivity contribution in [2.75, 3.05) is 6.61 Å². The van der Waals surface area contributed by atoms with Gasteiger partial charge in [0.05, 0.1) is 8.95 Å². The molecule has 1 rings (SSSR count). The molecule has 1 aromatic rings. The minimum Gasteiger partial charge on any atom is -0.487 e. The van der Waals surface area contributed by atoms with Crippen LogP contribution in [0.4, 0.5) is 0 Å². The van der Waals surface area contributed by atoms with Crippen LogP contribution in [-0.2, 0) is 4.79 Å². The van der Waals surface area contributed by atoms with Crippen LogP contribution >= 0.6 is 31.9 Å². The first-order valence-electron chi connectivity index (χ1n) is 4.07. The Morgan fingerprint density at radius 3 is 2.53 bits per heavy atom. The highest BCUT2D eigenvalue weighted by Gasteiger charge is 2.04. The van der Waals surface area contributed by atoms with E-state index in [4.69, 9.17) is 9.84 Å². The van der Waals surface area contributed by atoms with Crippen molar-refractivity contribution in [1.82, 2.24) is 0 Å². The van der Waals surface area contributed by atoms with Crippen molar-refractivity contribution in [2.24, 2.45) is 0 Å². The molecule has 5 heteroatoms. The van der Waals surface area contributed by atoms with Crippen LogP contribution in [0.2, 0.25) is 0 Å². The number of hydrogen-bond donors (Lipinski definition) is 1. The normalized spacial score (nSPS) is 10.5. The van der Waals surface area contributed by atoms with Crippen LogP contribution in [0.5, 0.6) is 5.75 Å². The fourth-order valence-electron chi connectivity index (χ4n) is 0.901. The number of ether oxygens (including phenoxy) is 1. The Morgan fingerprint density at radius 2 is 2.00 bits per heavy atom. The van der Waals surface area contributed by atoms with E-state index in [1.165, 1.54) is 6.08 Å². The third-order valence-corrected chi connectivity index (χ3v) is 2.75. The number of aliphatic carboxylic acids is 1. The summed E-state index contributed by atoms with van der Waals surface area (Å²) >= 11 is 6.67. The Balaban J connectivity index is 2.61. The van der Waals surface area contributed by atoms with E-state index in [9.17, 15) is 4.79 Å². The summed E-state index contributed by atoms with van der Waals surface area (Å²) in [7, 11) is 0. The number of hydrogen-bond acceptors (Lipinski definition) is 2. The van der Waals surface area contributed by atoms with Gasteiger partial charge in [-0.2, -0.15) is 0 Å². The summed E-state index contributed by atoms with van der Waals surface area (Å²) in [5.41, 5.74) is 0. The summed E-state index contributed by atoms with van der Waals surface area (Å²) in [6, 6.07) is 5.57. The van der Waals surface area contributed by atoms with Crippen molar-refractivity contribution in [3.63, 3.8) is 0 Å². The summed E-state index contributed by atoms with van der Waals surface area (Å²) in [5.74, 6) is -0.322. The Kier molecular flexibility index (Phi) is 4.84. The third kappa shape index (κ3) is 4.05. The van der Waals surface area contributed by atoms with E-state index >= 15 is 0 Å². The van der Waals surface area contributed by atoms with Gasteiger partial charge in [-0.15, -0.1) is 0 Å². The second kappa shape index (κ2) is 5.92. The first-order valence-corrected chi connectivity index (χ1v) is 5.66. The summed E-state index contributed by atoms with van der Waals surface area (Å²) in [5, 5.41) is 8.36. The number of para-hydroxylation sites is 1. The zero-order valence-electron chi connectivity index (χ0n) is 7.61. The molecule has 1 aromatic carbocycles. The van der Waals surface area contributed by atoms with Gasteiger partial charge >= 0.3 is 5.97 Å². The lowest BCUT2D eigenvalue weighted by atomic mass is 10.3. The molecule has 0 aromatic heterocycles. The van der Waals surface area contributed by atoms with Gasteiger partial charge in [0.15, 0.2) is 0 Å². The molecule has 0 aliphatic rings. The van der Waals surface area contributed by atoms with E-state index in [1.54, 1.807) is 0 Å². The van der Waals surface area contributed by atoms with Crippen LogP contribution in [0.1, 0.15) is 0 Å². The van der Waals surface area contributed by atoms with Crippen molar-refractivity contribution in [3.8, 4) is 5.75 Å². The molecule has 80 valence electrons. The number of rotatable bonds is 4. The molecule has 0 unspecified atom stereocenters. The van der Waals surface area contributed by atoms with Gasteiger partial charge < -0.3 is 9.84 Å². The number of benzene rings is 1. The Morgan fingerprint density at radius 1 is 1.40 bits per heavy atom. The van der Waals surface area contributed by atoms with Crippen molar-refractivity contribution in [1.29, 1.82) is 0 Å². The maximum atomic E-state index is 10.2. The first kappa shape index (κ1) is 12.3. The van der Waals surface area contributed by atoms with Gasteiger partial charge in [0.2, 0.25) is 0 Å². The molecule has 0 heterocycles. The van der Waals surface area contributed by atoms with Gasteiger partial charge in [0.1, 0.15) is 12.4 Å². The van der Waals surface area contributed by atoms with Crippen LogP contribution in [0.3, 0.4) is 0 Å². The standard InChI is InChI=1S/C10H8Br2O3/c11-7-3-1-4-8(12)10(7)15-6-2-5-9(13)14/h1-5H,6H2,(H,13,14). The summed E-state index contributed by atoms with van der Waals surface area (Å²) < 4.78 is 7.01. The third-order valence-electron chi connectivity index (χ3n) is 1.50. The minimum atomic E-state index is -0.982. The molecular formula is C10H8Br2O3. The second-order valence-corrected chi connectivity index (χ2v) is 4.31. The van der Waals surface area contributed by atoms with Gasteiger partial charge in [-0.1, -0.05) is 6.07 Å². The molecule has 0 amide bonds. The van der Waals surface area contributed by atoms with Crippen molar-refractivity contribution in [3.05, 3.63) is 39.3 Å². The highest BCUT2D eigenvalue weighted by molar-refractivity contribution is 9.11. The SMILES string of the molecule is O=C(O)C=CCOc1c(Br)cccc1Br. The molecular weight excluding hydrogens is 328 g/mol. The molecule has 0 spiro atoms. The lowest BCUT2D eigenvalue weighted by molar-refractivity contribution is -0.131. The zero-order valence-corrected chi connectivity index (χ0v) is 10.8. The van der Waals surface area contributed by atoms with Crippen LogP contribution in [-0.4, -0.2) is 17.7 Å². The fraction of sp³-hybridized carbons (Fsp3) is 0.100. The highest BCUT2D eigenvalue weighted by Crippen LogP contribution is 2.32. The predicted molar refractivity (Wildman–Crippen MR) is 64.1 cm³/mol. The number of carboxylic acids is 1. The summed E-state index contributed by atoms with van der Waals surface area (Å²) in [6.07, 6.45) is 2.49. The summed E-state index contributed by atoms with van der Waals surface area (Å²) in [6.45, 7) is 0.216. The Bertz CT molecular complexity index is 368. The minimum absolute atomic E-state index is 0.216. The lowest BCUT2D eigenvalue weighted by Gasteiger charge is -2.07. The van der Waals surface area contributed by atoms with E-state index in [1.807, 2.05) is 18.2 Å². The zero-order chi connectivity index (χ0) is 11.3.